The van der Waals surface area contributed by atoms with Gasteiger partial charge in [0.05, 0.1) is 6.54 Å². The van der Waals surface area contributed by atoms with E-state index in [-0.39, 0.29) is 11.1 Å². The minimum Gasteiger partial charge on any atom is -0.268 e. The van der Waals surface area contributed by atoms with Gasteiger partial charge in [-0.3, -0.25) is 14.2 Å². The molecule has 1 aromatic heterocycles. The molecule has 8 heteroatoms. The predicted molar refractivity (Wildman–Crippen MR) is 97.7 cm³/mol. The Morgan fingerprint density at radius 3 is 1.95 bits per heavy atom. The monoisotopic (exact) mass is 381 g/mol. The molecule has 0 spiro atoms. The van der Waals surface area contributed by atoms with Crippen LogP contribution in [0, 0.1) is 12.2 Å². The fraction of sp³-hybridized carbons (Fsp3) is 0.0714. The summed E-state index contributed by atoms with van der Waals surface area (Å²) >= 11 is 11.0. The third-order valence-electron chi connectivity index (χ3n) is 3.18. The Labute approximate surface area is 145 Å². The van der Waals surface area contributed by atoms with E-state index in [1.165, 1.54) is 49.9 Å². The highest BCUT2D eigenvalue weighted by atomic mass is 32.2. The van der Waals surface area contributed by atoms with Gasteiger partial charge in [0.15, 0.2) is 0 Å². The smallest absolute Gasteiger partial charge is 0.268 e. The van der Waals surface area contributed by atoms with Gasteiger partial charge in [0.2, 0.25) is 0 Å². The molecule has 2 aromatic rings. The molecule has 0 fully saturated rings. The van der Waals surface area contributed by atoms with Crippen molar-refractivity contribution in [1.82, 2.24) is 4.57 Å². The minimum absolute atomic E-state index is 0.198. The van der Waals surface area contributed by atoms with Crippen molar-refractivity contribution in [3.05, 3.63) is 68.8 Å². The van der Waals surface area contributed by atoms with Crippen molar-refractivity contribution in [3.8, 4) is 0 Å². The average Bonchev–Trinajstić information content (AvgIpc) is 2.99. The van der Waals surface area contributed by atoms with E-state index in [1.807, 2.05) is 30.3 Å². The summed E-state index contributed by atoms with van der Waals surface area (Å²) in [6.07, 6.45) is 0. The number of benzene rings is 1. The maximum Gasteiger partial charge on any atom is 0.272 e. The minimum atomic E-state index is -0.198. The molecule has 0 aliphatic carbocycles. The largest absolute Gasteiger partial charge is 0.272 e. The Morgan fingerprint density at radius 1 is 0.864 bits per heavy atom. The zero-order chi connectivity index (χ0) is 15.3. The first-order chi connectivity index (χ1) is 10.6. The van der Waals surface area contributed by atoms with Crippen LogP contribution in [0.25, 0.3) is 8.03 Å². The van der Waals surface area contributed by atoms with E-state index in [9.17, 15) is 9.59 Å². The van der Waals surface area contributed by atoms with Crippen LogP contribution < -0.4 is 11.1 Å². The molecule has 4 rings (SSSR count). The lowest BCUT2D eigenvalue weighted by atomic mass is 10.2. The highest BCUT2D eigenvalue weighted by Crippen LogP contribution is 2.34. The topological polar surface area (TPSA) is 39.1 Å². The van der Waals surface area contributed by atoms with E-state index in [4.69, 9.17) is 12.2 Å². The lowest BCUT2D eigenvalue weighted by Crippen LogP contribution is -2.26. The molecular weight excluding hydrogens is 374 g/mol. The number of hydrogen-bond acceptors (Lipinski definition) is 7. The summed E-state index contributed by atoms with van der Waals surface area (Å²) in [5.74, 6) is 0. The highest BCUT2D eigenvalue weighted by Gasteiger charge is 2.14. The van der Waals surface area contributed by atoms with Crippen LogP contribution in [-0.2, 0) is 6.54 Å². The summed E-state index contributed by atoms with van der Waals surface area (Å²) in [7, 11) is 0. The zero-order valence-corrected chi connectivity index (χ0v) is 15.0. The van der Waals surface area contributed by atoms with Crippen molar-refractivity contribution >= 4 is 65.6 Å². The van der Waals surface area contributed by atoms with Gasteiger partial charge in [-0.25, -0.2) is 0 Å². The van der Waals surface area contributed by atoms with Crippen LogP contribution in [0.2, 0.25) is 0 Å². The maximum atomic E-state index is 12.6. The van der Waals surface area contributed by atoms with Crippen molar-refractivity contribution in [1.29, 1.82) is 0 Å². The van der Waals surface area contributed by atoms with E-state index in [2.05, 4.69) is 0 Å². The lowest BCUT2D eigenvalue weighted by Gasteiger charge is -1.99. The van der Waals surface area contributed by atoms with Crippen LogP contribution in [0.15, 0.2) is 39.9 Å². The molecule has 0 N–H and O–H groups in total. The van der Waals surface area contributed by atoms with E-state index >= 15 is 0 Å². The van der Waals surface area contributed by atoms with E-state index in [0.717, 1.165) is 16.7 Å². The quantitative estimate of drug-likeness (QED) is 0.491. The number of nitrogens with zero attached hydrogens (tertiary/aromatic N) is 1. The third-order valence-corrected chi connectivity index (χ3v) is 8.88. The molecule has 22 heavy (non-hydrogen) atoms. The molecule has 2 aliphatic heterocycles. The average molecular weight is 382 g/mol. The van der Waals surface area contributed by atoms with Crippen molar-refractivity contribution < 1.29 is 0 Å². The summed E-state index contributed by atoms with van der Waals surface area (Å²) in [4.78, 5) is 25.1. The van der Waals surface area contributed by atoms with Crippen LogP contribution in [0.5, 0.6) is 0 Å². The summed E-state index contributed by atoms with van der Waals surface area (Å²) < 4.78 is 5.30. The third kappa shape index (κ3) is 2.31. The Bertz CT molecular complexity index is 1140. The number of fused-ring (bicyclic) bond motifs is 1. The molecule has 0 amide bonds. The Hall–Kier alpha value is -1.19. The van der Waals surface area contributed by atoms with Gasteiger partial charge in [-0.1, -0.05) is 42.5 Å². The highest BCUT2D eigenvalue weighted by molar-refractivity contribution is 7.78. The Kier molecular flexibility index (Phi) is 3.58. The Balaban J connectivity index is 2.00. The summed E-state index contributed by atoms with van der Waals surface area (Å²) in [5.41, 5.74) is 0.553. The van der Waals surface area contributed by atoms with Gasteiger partial charge in [0.25, 0.3) is 11.1 Å². The van der Waals surface area contributed by atoms with E-state index in [0.29, 0.717) is 15.6 Å². The molecule has 1 aromatic carbocycles. The molecule has 0 atom stereocenters. The molecule has 0 saturated carbocycles. The fourth-order valence-electron chi connectivity index (χ4n) is 2.19. The second kappa shape index (κ2) is 5.47. The van der Waals surface area contributed by atoms with Crippen LogP contribution in [0.4, 0.5) is 0 Å². The van der Waals surface area contributed by atoms with Gasteiger partial charge < -0.3 is 0 Å². The van der Waals surface area contributed by atoms with Gasteiger partial charge in [-0.05, 0) is 5.56 Å². The summed E-state index contributed by atoms with van der Waals surface area (Å²) in [6.45, 7) is 0.315. The van der Waals surface area contributed by atoms with E-state index in [1.54, 1.807) is 0 Å². The van der Waals surface area contributed by atoms with Crippen molar-refractivity contribution in [2.24, 2.45) is 0 Å². The van der Waals surface area contributed by atoms with E-state index < -0.39 is 0 Å². The predicted octanol–water partition coefficient (Wildman–Crippen LogP) is 4.11. The van der Waals surface area contributed by atoms with Gasteiger partial charge in [0, 0.05) is 0 Å². The molecule has 0 radical (unpaired) electrons. The van der Waals surface area contributed by atoms with Gasteiger partial charge >= 0.3 is 0 Å². The normalized spacial score (nSPS) is 11.5. The number of hydrogen-bond donors (Lipinski definition) is 0. The van der Waals surface area contributed by atoms with Crippen molar-refractivity contribution in [3.63, 3.8) is 0 Å². The van der Waals surface area contributed by atoms with Gasteiger partial charge in [0.1, 0.15) is 20.2 Å². The SMILES string of the molecule is O=c1c2sc3sc(=S)sc3sc=2c(=O)n1Cc1ccccc1. The molecule has 0 saturated heterocycles. The molecule has 110 valence electrons. The maximum absolute atomic E-state index is 12.6. The number of aromatic nitrogens is 1. The van der Waals surface area contributed by atoms with Crippen molar-refractivity contribution in [2.45, 2.75) is 6.54 Å². The summed E-state index contributed by atoms with van der Waals surface area (Å²) in [5, 5.41) is 0. The first-order valence-electron chi connectivity index (χ1n) is 6.27. The molecule has 3 nitrogen and oxygen atoms in total. The first kappa shape index (κ1) is 14.4. The molecule has 2 aliphatic rings. The number of rotatable bonds is 2. The van der Waals surface area contributed by atoms with Crippen LogP contribution in [-0.4, -0.2) is 4.57 Å². The lowest BCUT2D eigenvalue weighted by molar-refractivity contribution is 0.746. The molecular formula is C14H7NO2S5. The van der Waals surface area contributed by atoms with Crippen LogP contribution in [0.1, 0.15) is 5.56 Å². The Morgan fingerprint density at radius 2 is 1.41 bits per heavy atom. The van der Waals surface area contributed by atoms with Gasteiger partial charge in [-0.15, -0.1) is 45.3 Å². The second-order valence-corrected chi connectivity index (χ2v) is 10.4. The standard InChI is InChI=1S/C14H7NO2S5/c16-10-8-9(20-13-12(19-8)21-14(18)22-13)11(17)15(10)6-7-4-2-1-3-5-7/h1-5H,6H2. The molecule has 3 heterocycles. The second-order valence-electron chi connectivity index (χ2n) is 4.57. The summed E-state index contributed by atoms with van der Waals surface area (Å²) in [6, 6.07) is 9.56. The fourth-order valence-corrected chi connectivity index (χ4v) is 8.33. The zero-order valence-electron chi connectivity index (χ0n) is 10.9. The molecule has 0 unspecified atom stereocenters. The van der Waals surface area contributed by atoms with Gasteiger partial charge in [-0.2, -0.15) is 0 Å². The van der Waals surface area contributed by atoms with Crippen LogP contribution >= 0.6 is 57.6 Å². The first-order valence-corrected chi connectivity index (χ1v) is 9.95. The molecule has 0 bridgehead atoms. The van der Waals surface area contributed by atoms with Crippen LogP contribution in [0.3, 0.4) is 0 Å². The van der Waals surface area contributed by atoms with Crippen molar-refractivity contribution in [2.75, 3.05) is 0 Å².